The highest BCUT2D eigenvalue weighted by Crippen LogP contribution is 2.40. The van der Waals surface area contributed by atoms with Crippen LogP contribution < -0.4 is 0 Å². The number of carbonyl (C=O) groups is 1. The van der Waals surface area contributed by atoms with Gasteiger partial charge in [-0.25, -0.2) is 0 Å². The molecule has 80 valence electrons. The van der Waals surface area contributed by atoms with Crippen LogP contribution in [0.5, 0.6) is 0 Å². The zero-order chi connectivity index (χ0) is 11.1. The van der Waals surface area contributed by atoms with E-state index >= 15 is 0 Å². The van der Waals surface area contributed by atoms with Crippen molar-refractivity contribution in [1.29, 1.82) is 0 Å². The lowest BCUT2D eigenvalue weighted by atomic mass is 9.74. The van der Waals surface area contributed by atoms with Crippen LogP contribution in [0.2, 0.25) is 0 Å². The van der Waals surface area contributed by atoms with Gasteiger partial charge in [-0.15, -0.1) is 0 Å². The maximum atomic E-state index is 11.8. The van der Waals surface area contributed by atoms with Crippen LogP contribution in [0, 0.1) is 11.3 Å². The number of hydrogen-bond acceptors (Lipinski definition) is 3. The molecule has 1 N–H and O–H groups in total. The van der Waals surface area contributed by atoms with Crippen LogP contribution in [-0.4, -0.2) is 29.9 Å². The fourth-order valence-corrected chi connectivity index (χ4v) is 2.06. The molecule has 0 bridgehead atoms. The molecule has 0 amide bonds. The molecule has 0 spiro atoms. The van der Waals surface area contributed by atoms with E-state index in [2.05, 4.69) is 0 Å². The number of aliphatic hydroxyl groups is 1. The van der Waals surface area contributed by atoms with Crippen molar-refractivity contribution in [3.8, 4) is 0 Å². The molecule has 0 aromatic rings. The quantitative estimate of drug-likeness (QED) is 0.698. The molecule has 0 saturated carbocycles. The monoisotopic (exact) mass is 197 g/mol. The van der Waals surface area contributed by atoms with Crippen LogP contribution >= 0.6 is 0 Å². The number of aliphatic hydroxyl groups excluding tert-OH is 1. The first kappa shape index (κ1) is 11.1. The molecule has 1 aliphatic carbocycles. The number of allylic oxidation sites excluding steroid dienone is 2. The highest BCUT2D eigenvalue weighted by Gasteiger charge is 2.39. The summed E-state index contributed by atoms with van der Waals surface area (Å²) in [6.45, 7) is 5.85. The Balaban J connectivity index is 3.23. The minimum absolute atomic E-state index is 0.00157. The summed E-state index contributed by atoms with van der Waals surface area (Å²) >= 11 is 0. The van der Waals surface area contributed by atoms with Crippen molar-refractivity contribution in [2.24, 2.45) is 11.3 Å². The van der Waals surface area contributed by atoms with E-state index in [4.69, 9.17) is 0 Å². The first-order valence-electron chi connectivity index (χ1n) is 4.92. The lowest BCUT2D eigenvalue weighted by Crippen LogP contribution is -2.37. The fourth-order valence-electron chi connectivity index (χ4n) is 2.06. The zero-order valence-electron chi connectivity index (χ0n) is 9.59. The molecular weight excluding hydrogens is 178 g/mol. The predicted molar refractivity (Wildman–Crippen MR) is 55.9 cm³/mol. The first-order chi connectivity index (χ1) is 6.27. The van der Waals surface area contributed by atoms with Gasteiger partial charge in [-0.1, -0.05) is 20.8 Å². The van der Waals surface area contributed by atoms with Gasteiger partial charge < -0.3 is 10.0 Å². The minimum atomic E-state index is -0.285. The predicted octanol–water partition coefficient (Wildman–Crippen LogP) is 1.95. The summed E-state index contributed by atoms with van der Waals surface area (Å²) < 4.78 is 0. The van der Waals surface area contributed by atoms with Gasteiger partial charge in [-0.2, -0.15) is 0 Å². The Morgan fingerprint density at radius 2 is 1.93 bits per heavy atom. The summed E-state index contributed by atoms with van der Waals surface area (Å²) in [5, 5.41) is 9.97. The highest BCUT2D eigenvalue weighted by atomic mass is 16.3. The molecule has 3 heteroatoms. The molecule has 1 aliphatic rings. The lowest BCUT2D eigenvalue weighted by molar-refractivity contribution is -0.122. The third-order valence-electron chi connectivity index (χ3n) is 2.81. The smallest absolute Gasteiger partial charge is 0.185 e. The van der Waals surface area contributed by atoms with Gasteiger partial charge in [-0.05, 0) is 6.42 Å². The second-order valence-electron chi connectivity index (χ2n) is 4.94. The molecule has 1 unspecified atom stereocenters. The molecular formula is C11H19NO2. The Morgan fingerprint density at radius 1 is 1.43 bits per heavy atom. The Labute approximate surface area is 85.4 Å². The number of carbonyl (C=O) groups excluding carboxylic acids is 1. The van der Waals surface area contributed by atoms with Crippen LogP contribution in [0.3, 0.4) is 0 Å². The van der Waals surface area contributed by atoms with E-state index in [1.54, 1.807) is 19.0 Å². The van der Waals surface area contributed by atoms with Crippen molar-refractivity contribution in [3.63, 3.8) is 0 Å². The molecule has 0 aromatic carbocycles. The minimum Gasteiger partial charge on any atom is -0.509 e. The normalized spacial score (nSPS) is 26.6. The van der Waals surface area contributed by atoms with Crippen LogP contribution in [0.25, 0.3) is 0 Å². The number of ketones is 1. The van der Waals surface area contributed by atoms with Crippen molar-refractivity contribution in [2.75, 3.05) is 14.1 Å². The molecule has 1 atom stereocenters. The molecule has 14 heavy (non-hydrogen) atoms. The molecule has 1 rings (SSSR count). The van der Waals surface area contributed by atoms with E-state index in [-0.39, 0.29) is 22.9 Å². The van der Waals surface area contributed by atoms with Gasteiger partial charge in [0.15, 0.2) is 5.78 Å². The summed E-state index contributed by atoms with van der Waals surface area (Å²) in [6.07, 6.45) is 0.717. The van der Waals surface area contributed by atoms with Gasteiger partial charge in [0.25, 0.3) is 0 Å². The molecule has 0 fully saturated rings. The van der Waals surface area contributed by atoms with E-state index in [1.165, 1.54) is 0 Å². The molecule has 0 radical (unpaired) electrons. The third-order valence-corrected chi connectivity index (χ3v) is 2.81. The van der Waals surface area contributed by atoms with Gasteiger partial charge >= 0.3 is 0 Å². The average molecular weight is 197 g/mol. The van der Waals surface area contributed by atoms with Crippen molar-refractivity contribution in [1.82, 2.24) is 4.90 Å². The highest BCUT2D eigenvalue weighted by molar-refractivity contribution is 5.97. The number of rotatable bonds is 1. The van der Waals surface area contributed by atoms with E-state index in [1.807, 2.05) is 20.8 Å². The summed E-state index contributed by atoms with van der Waals surface area (Å²) in [5.74, 6) is 0.274. The Morgan fingerprint density at radius 3 is 2.36 bits per heavy atom. The molecule has 0 aromatic heterocycles. The van der Waals surface area contributed by atoms with Gasteiger partial charge in [-0.3, -0.25) is 4.79 Å². The lowest BCUT2D eigenvalue weighted by Gasteiger charge is -2.36. The van der Waals surface area contributed by atoms with Crippen LogP contribution in [0.15, 0.2) is 11.5 Å². The van der Waals surface area contributed by atoms with Crippen LogP contribution in [0.4, 0.5) is 0 Å². The fraction of sp³-hybridized carbons (Fsp3) is 0.727. The van der Waals surface area contributed by atoms with E-state index in [0.717, 1.165) is 6.42 Å². The Kier molecular flexibility index (Phi) is 2.61. The Bertz CT molecular complexity index is 290. The molecule has 0 heterocycles. The summed E-state index contributed by atoms with van der Waals surface area (Å²) in [6, 6.07) is 0. The number of hydrogen-bond donors (Lipinski definition) is 1. The summed E-state index contributed by atoms with van der Waals surface area (Å²) in [5.41, 5.74) is 0.182. The first-order valence-corrected chi connectivity index (χ1v) is 4.92. The summed E-state index contributed by atoms with van der Waals surface area (Å²) in [4.78, 5) is 13.5. The van der Waals surface area contributed by atoms with E-state index in [0.29, 0.717) is 5.70 Å². The maximum absolute atomic E-state index is 11.8. The van der Waals surface area contributed by atoms with Gasteiger partial charge in [0, 0.05) is 25.4 Å². The van der Waals surface area contributed by atoms with E-state index in [9.17, 15) is 9.90 Å². The van der Waals surface area contributed by atoms with Crippen molar-refractivity contribution >= 4 is 5.78 Å². The Hall–Kier alpha value is -0.990. The number of likely N-dealkylation sites (N-methyl/N-ethyl adjacent to an activating group) is 1. The molecule has 0 aliphatic heterocycles. The zero-order valence-corrected chi connectivity index (χ0v) is 9.59. The topological polar surface area (TPSA) is 40.5 Å². The largest absolute Gasteiger partial charge is 0.509 e. The average Bonchev–Trinajstić information content (AvgIpc) is 2.00. The van der Waals surface area contributed by atoms with Gasteiger partial charge in [0.1, 0.15) is 11.5 Å². The molecule has 3 nitrogen and oxygen atoms in total. The van der Waals surface area contributed by atoms with Crippen molar-refractivity contribution < 1.29 is 9.90 Å². The number of nitrogens with zero attached hydrogens (tertiary/aromatic N) is 1. The van der Waals surface area contributed by atoms with Crippen LogP contribution in [0.1, 0.15) is 27.2 Å². The maximum Gasteiger partial charge on any atom is 0.185 e. The van der Waals surface area contributed by atoms with E-state index < -0.39 is 0 Å². The van der Waals surface area contributed by atoms with Gasteiger partial charge in [0.2, 0.25) is 0 Å². The second-order valence-corrected chi connectivity index (χ2v) is 4.94. The summed E-state index contributed by atoms with van der Waals surface area (Å²) in [7, 11) is 3.58. The third kappa shape index (κ3) is 1.63. The van der Waals surface area contributed by atoms with Crippen molar-refractivity contribution in [2.45, 2.75) is 27.2 Å². The van der Waals surface area contributed by atoms with Crippen LogP contribution in [-0.2, 0) is 4.79 Å². The molecule has 0 saturated heterocycles. The SMILES string of the molecule is CC1CC(C)(C)C(O)=C(N(C)C)C1=O. The van der Waals surface area contributed by atoms with Crippen molar-refractivity contribution in [3.05, 3.63) is 11.5 Å². The van der Waals surface area contributed by atoms with Gasteiger partial charge in [0.05, 0.1) is 0 Å². The second kappa shape index (κ2) is 3.30. The number of Topliss-reactive ketones (excluding diaryl/α,β-unsaturated/α-hetero) is 1. The standard InChI is InChI=1S/C11H19NO2/c1-7-6-11(2,3)10(14)8(9(7)13)12(4)5/h7,14H,6H2,1-5H3.